The van der Waals surface area contributed by atoms with Crippen LogP contribution in [0, 0.1) is 0 Å². The lowest BCUT2D eigenvalue weighted by atomic mass is 10.2. The van der Waals surface area contributed by atoms with Crippen LogP contribution < -0.4 is 14.9 Å². The average Bonchev–Trinajstić information content (AvgIpc) is 2.64. The van der Waals surface area contributed by atoms with Gasteiger partial charge in [0.2, 0.25) is 0 Å². The molecule has 0 aliphatic carbocycles. The zero-order chi connectivity index (χ0) is 18.1. The number of rotatable bonds is 7. The average molecular weight is 403 g/mol. The molecule has 0 aliphatic rings. The Bertz CT molecular complexity index is 773. The Morgan fingerprint density at radius 1 is 1.20 bits per heavy atom. The highest BCUT2D eigenvalue weighted by Crippen LogP contribution is 2.29. The highest BCUT2D eigenvalue weighted by molar-refractivity contribution is 9.10. The molecule has 25 heavy (non-hydrogen) atoms. The molecule has 2 rings (SSSR count). The molecule has 0 fully saturated rings. The Kier molecular flexibility index (Phi) is 7.22. The van der Waals surface area contributed by atoms with Crippen molar-refractivity contribution in [3.63, 3.8) is 0 Å². The Morgan fingerprint density at radius 3 is 2.68 bits per heavy atom. The molecule has 0 saturated heterocycles. The molecule has 6 heteroatoms. The molecule has 0 bridgehead atoms. The fraction of sp³-hybridized carbons (Fsp3) is 0.158. The third kappa shape index (κ3) is 6.43. The molecular weight excluding hydrogens is 384 g/mol. The van der Waals surface area contributed by atoms with E-state index in [1.807, 2.05) is 48.6 Å². The number of benzene rings is 2. The van der Waals surface area contributed by atoms with E-state index in [1.165, 1.54) is 0 Å². The lowest BCUT2D eigenvalue weighted by molar-refractivity contribution is -0.123. The molecule has 5 nitrogen and oxygen atoms in total. The Morgan fingerprint density at radius 2 is 1.96 bits per heavy atom. The van der Waals surface area contributed by atoms with E-state index >= 15 is 0 Å². The second kappa shape index (κ2) is 9.64. The maximum absolute atomic E-state index is 11.8. The summed E-state index contributed by atoms with van der Waals surface area (Å²) < 4.78 is 11.5. The monoisotopic (exact) mass is 402 g/mol. The van der Waals surface area contributed by atoms with Gasteiger partial charge in [-0.2, -0.15) is 5.10 Å². The first-order chi connectivity index (χ1) is 12.1. The lowest BCUT2D eigenvalue weighted by Crippen LogP contribution is -2.25. The molecular formula is C19H19BrN2O3. The first-order valence-corrected chi connectivity index (χ1v) is 8.40. The number of halogens is 1. The van der Waals surface area contributed by atoms with Crippen molar-refractivity contribution in [3.05, 3.63) is 64.6 Å². The van der Waals surface area contributed by atoms with Gasteiger partial charge in [0.05, 0.1) is 12.8 Å². The minimum Gasteiger partial charge on any atom is -0.493 e. The van der Waals surface area contributed by atoms with E-state index < -0.39 is 0 Å². The molecule has 1 N–H and O–H groups in total. The fourth-order valence-electron chi connectivity index (χ4n) is 1.91. The summed E-state index contributed by atoms with van der Waals surface area (Å²) in [4.78, 5) is 11.8. The molecule has 0 heterocycles. The maximum Gasteiger partial charge on any atom is 0.277 e. The second-order valence-electron chi connectivity index (χ2n) is 5.12. The topological polar surface area (TPSA) is 59.9 Å². The molecule has 0 aromatic heterocycles. The van der Waals surface area contributed by atoms with Crippen molar-refractivity contribution >= 4 is 33.6 Å². The highest BCUT2D eigenvalue weighted by Gasteiger charge is 2.07. The fourth-order valence-corrected chi connectivity index (χ4v) is 2.25. The summed E-state index contributed by atoms with van der Waals surface area (Å²) in [5, 5.41) is 4.02. The van der Waals surface area contributed by atoms with Gasteiger partial charge in [-0.05, 0) is 36.8 Å². The minimum atomic E-state index is -0.350. The van der Waals surface area contributed by atoms with E-state index in [0.717, 1.165) is 10.0 Å². The summed E-state index contributed by atoms with van der Waals surface area (Å²) >= 11 is 3.35. The molecule has 130 valence electrons. The number of ether oxygens (including phenoxy) is 2. The van der Waals surface area contributed by atoms with E-state index in [9.17, 15) is 4.79 Å². The first-order valence-electron chi connectivity index (χ1n) is 7.61. The van der Waals surface area contributed by atoms with Crippen molar-refractivity contribution in [3.8, 4) is 11.5 Å². The number of nitrogens with one attached hydrogen (secondary N) is 1. The zero-order valence-electron chi connectivity index (χ0n) is 14.0. The maximum atomic E-state index is 11.8. The number of hydrogen-bond donors (Lipinski definition) is 1. The van der Waals surface area contributed by atoms with Crippen LogP contribution in [0.2, 0.25) is 0 Å². The number of carbonyl (C=O) groups excluding carboxylic acids is 1. The van der Waals surface area contributed by atoms with Crippen molar-refractivity contribution in [1.29, 1.82) is 0 Å². The van der Waals surface area contributed by atoms with Gasteiger partial charge in [0, 0.05) is 4.47 Å². The molecule has 0 radical (unpaired) electrons. The molecule has 0 aliphatic heterocycles. The van der Waals surface area contributed by atoms with Crippen LogP contribution in [0.15, 0.2) is 64.2 Å². The van der Waals surface area contributed by atoms with Crippen LogP contribution in [-0.4, -0.2) is 25.3 Å². The van der Waals surface area contributed by atoms with E-state index in [2.05, 4.69) is 26.5 Å². The summed E-state index contributed by atoms with van der Waals surface area (Å²) in [6.45, 7) is 1.65. The predicted octanol–water partition coefficient (Wildman–Crippen LogP) is 4.04. The number of amides is 1. The van der Waals surface area contributed by atoms with Gasteiger partial charge in [0.25, 0.3) is 5.91 Å². The zero-order valence-corrected chi connectivity index (χ0v) is 15.6. The van der Waals surface area contributed by atoms with Crippen molar-refractivity contribution in [1.82, 2.24) is 5.43 Å². The summed E-state index contributed by atoms with van der Waals surface area (Å²) in [6, 6.07) is 15.2. The van der Waals surface area contributed by atoms with Gasteiger partial charge in [-0.3, -0.25) is 4.79 Å². The largest absolute Gasteiger partial charge is 0.493 e. The molecule has 2 aromatic carbocycles. The molecule has 0 unspecified atom stereocenters. The van der Waals surface area contributed by atoms with Crippen LogP contribution in [0.3, 0.4) is 0 Å². The van der Waals surface area contributed by atoms with E-state index in [-0.39, 0.29) is 12.5 Å². The van der Waals surface area contributed by atoms with Crippen molar-refractivity contribution in [2.45, 2.75) is 6.92 Å². The number of allylic oxidation sites excluding steroid dienone is 1. The number of nitrogens with zero attached hydrogens (tertiary/aromatic N) is 1. The van der Waals surface area contributed by atoms with E-state index in [1.54, 1.807) is 26.2 Å². The molecule has 0 spiro atoms. The predicted molar refractivity (Wildman–Crippen MR) is 103 cm³/mol. The van der Waals surface area contributed by atoms with Crippen LogP contribution in [-0.2, 0) is 4.79 Å². The number of methoxy groups -OCH3 is 1. The van der Waals surface area contributed by atoms with Gasteiger partial charge in [-0.25, -0.2) is 5.43 Å². The number of carbonyl (C=O) groups is 1. The van der Waals surface area contributed by atoms with Crippen molar-refractivity contribution < 1.29 is 14.3 Å². The Labute approximate surface area is 155 Å². The lowest BCUT2D eigenvalue weighted by Gasteiger charge is -2.10. The quantitative estimate of drug-likeness (QED) is 0.561. The van der Waals surface area contributed by atoms with Gasteiger partial charge in [0.15, 0.2) is 18.1 Å². The number of hydrogen-bond acceptors (Lipinski definition) is 4. The third-order valence-electron chi connectivity index (χ3n) is 3.16. The van der Waals surface area contributed by atoms with Gasteiger partial charge < -0.3 is 9.47 Å². The Hall–Kier alpha value is -2.60. The van der Waals surface area contributed by atoms with Crippen LogP contribution in [0.4, 0.5) is 0 Å². The molecule has 1 amide bonds. The normalized spacial score (nSPS) is 11.4. The number of hydrazone groups is 1. The van der Waals surface area contributed by atoms with Gasteiger partial charge in [-0.15, -0.1) is 0 Å². The van der Waals surface area contributed by atoms with Crippen LogP contribution in [0.1, 0.15) is 12.5 Å². The molecule has 2 aromatic rings. The summed E-state index contributed by atoms with van der Waals surface area (Å²) in [5.41, 5.74) is 4.20. The van der Waals surface area contributed by atoms with Gasteiger partial charge in [0.1, 0.15) is 0 Å². The van der Waals surface area contributed by atoms with Crippen LogP contribution in [0.5, 0.6) is 11.5 Å². The van der Waals surface area contributed by atoms with E-state index in [0.29, 0.717) is 17.2 Å². The second-order valence-corrected chi connectivity index (χ2v) is 6.03. The Balaban J connectivity index is 1.85. The SMILES string of the molecule is COc1cc(Br)ccc1OCC(=O)NN=C(C)/C=C/c1ccccc1. The first kappa shape index (κ1) is 18.7. The highest BCUT2D eigenvalue weighted by atomic mass is 79.9. The van der Waals surface area contributed by atoms with Crippen LogP contribution in [0.25, 0.3) is 6.08 Å². The minimum absolute atomic E-state index is 0.156. The molecule has 0 atom stereocenters. The van der Waals surface area contributed by atoms with Gasteiger partial charge >= 0.3 is 0 Å². The van der Waals surface area contributed by atoms with Crippen molar-refractivity contribution in [2.24, 2.45) is 5.10 Å². The smallest absolute Gasteiger partial charge is 0.277 e. The van der Waals surface area contributed by atoms with E-state index in [4.69, 9.17) is 9.47 Å². The third-order valence-corrected chi connectivity index (χ3v) is 3.65. The summed E-state index contributed by atoms with van der Waals surface area (Å²) in [7, 11) is 1.54. The van der Waals surface area contributed by atoms with Crippen molar-refractivity contribution in [2.75, 3.05) is 13.7 Å². The summed E-state index contributed by atoms with van der Waals surface area (Å²) in [6.07, 6.45) is 3.75. The molecule has 0 saturated carbocycles. The van der Waals surface area contributed by atoms with Crippen LogP contribution >= 0.6 is 15.9 Å². The standard InChI is InChI=1S/C19H19BrN2O3/c1-14(8-9-15-6-4-3-5-7-15)21-22-19(23)13-25-17-11-10-16(20)12-18(17)24-2/h3-12H,13H2,1-2H3,(H,22,23)/b9-8+,21-14?. The summed E-state index contributed by atoms with van der Waals surface area (Å²) in [5.74, 6) is 0.690. The van der Waals surface area contributed by atoms with Gasteiger partial charge in [-0.1, -0.05) is 52.3 Å².